The van der Waals surface area contributed by atoms with Gasteiger partial charge in [-0.1, -0.05) is 42.0 Å². The van der Waals surface area contributed by atoms with Gasteiger partial charge >= 0.3 is 5.97 Å². The number of rotatable bonds is 8. The molecule has 38 heavy (non-hydrogen) atoms. The summed E-state index contributed by atoms with van der Waals surface area (Å²) >= 11 is 0. The van der Waals surface area contributed by atoms with Crippen LogP contribution >= 0.6 is 12.4 Å². The molecule has 6 heteroatoms. The molecule has 0 radical (unpaired) electrons. The molecular formula is C32H34ClF2NO2. The first-order chi connectivity index (χ1) is 17.9. The predicted molar refractivity (Wildman–Crippen MR) is 151 cm³/mol. The van der Waals surface area contributed by atoms with Gasteiger partial charge in [0.1, 0.15) is 5.82 Å². The molecule has 3 aromatic carbocycles. The third kappa shape index (κ3) is 6.00. The number of alkyl halides is 1. The van der Waals surface area contributed by atoms with Crippen LogP contribution in [0.4, 0.5) is 8.78 Å². The van der Waals surface area contributed by atoms with Crippen LogP contribution in [0.15, 0.2) is 60.7 Å². The largest absolute Gasteiger partial charge is 0.478 e. The maximum atomic E-state index is 15.1. The summed E-state index contributed by atoms with van der Waals surface area (Å²) in [7, 11) is 0. The lowest BCUT2D eigenvalue weighted by Crippen LogP contribution is -2.47. The van der Waals surface area contributed by atoms with Crippen LogP contribution in [0.5, 0.6) is 0 Å². The smallest absolute Gasteiger partial charge is 0.335 e. The Morgan fingerprint density at radius 1 is 1.00 bits per heavy atom. The van der Waals surface area contributed by atoms with Crippen molar-refractivity contribution in [2.75, 3.05) is 26.3 Å². The molecule has 0 aromatic heterocycles. The molecule has 0 amide bonds. The molecule has 1 saturated heterocycles. The first-order valence-electron chi connectivity index (χ1n) is 13.2. The summed E-state index contributed by atoms with van der Waals surface area (Å²) in [6.45, 7) is 4.59. The summed E-state index contributed by atoms with van der Waals surface area (Å²) in [5.74, 6) is -0.580. The van der Waals surface area contributed by atoms with Crippen molar-refractivity contribution in [1.82, 2.24) is 4.90 Å². The van der Waals surface area contributed by atoms with E-state index in [2.05, 4.69) is 29.2 Å². The molecule has 1 N–H and O–H groups in total. The SMILES string of the molecule is Cc1ccc(F)c(C2=C(c3ccc(CC4CN(CCCF)C4)cc3)c3ccc(C(=O)O)cc3CCC2)c1.Cl. The second kappa shape index (κ2) is 12.2. The van der Waals surface area contributed by atoms with Gasteiger partial charge in [0.25, 0.3) is 0 Å². The number of aryl methyl sites for hydroxylation is 2. The summed E-state index contributed by atoms with van der Waals surface area (Å²) in [6, 6.07) is 19.1. The van der Waals surface area contributed by atoms with Gasteiger partial charge in [-0.15, -0.1) is 12.4 Å². The predicted octanol–water partition coefficient (Wildman–Crippen LogP) is 7.38. The van der Waals surface area contributed by atoms with Gasteiger partial charge in [-0.3, -0.25) is 4.39 Å². The normalized spacial score (nSPS) is 15.9. The van der Waals surface area contributed by atoms with Crippen LogP contribution in [0.25, 0.3) is 11.1 Å². The first kappa shape index (κ1) is 28.0. The molecule has 5 rings (SSSR count). The van der Waals surface area contributed by atoms with Crippen molar-refractivity contribution in [1.29, 1.82) is 0 Å². The van der Waals surface area contributed by atoms with Gasteiger partial charge in [-0.2, -0.15) is 0 Å². The van der Waals surface area contributed by atoms with Crippen molar-refractivity contribution in [3.63, 3.8) is 0 Å². The van der Waals surface area contributed by atoms with Crippen molar-refractivity contribution in [3.05, 3.63) is 105 Å². The number of carboxylic acids is 1. The average molecular weight is 538 g/mol. The zero-order valence-corrected chi connectivity index (χ0v) is 22.5. The number of benzene rings is 3. The zero-order chi connectivity index (χ0) is 25.9. The Bertz CT molecular complexity index is 1330. The zero-order valence-electron chi connectivity index (χ0n) is 21.7. The van der Waals surface area contributed by atoms with E-state index in [1.807, 2.05) is 19.1 Å². The van der Waals surface area contributed by atoms with Gasteiger partial charge in [0.15, 0.2) is 0 Å². The Balaban J connectivity index is 0.00000336. The second-order valence-corrected chi connectivity index (χ2v) is 10.4. The van der Waals surface area contributed by atoms with Crippen LogP contribution in [-0.4, -0.2) is 42.3 Å². The van der Waals surface area contributed by atoms with Gasteiger partial charge in [0.2, 0.25) is 0 Å². The van der Waals surface area contributed by atoms with E-state index in [-0.39, 0.29) is 30.5 Å². The Kier molecular flexibility index (Phi) is 9.01. The van der Waals surface area contributed by atoms with Crippen LogP contribution in [-0.2, 0) is 12.8 Å². The molecule has 3 nitrogen and oxygen atoms in total. The highest BCUT2D eigenvalue weighted by atomic mass is 35.5. The van der Waals surface area contributed by atoms with E-state index in [9.17, 15) is 14.3 Å². The van der Waals surface area contributed by atoms with Crippen molar-refractivity contribution in [2.45, 2.75) is 39.0 Å². The summed E-state index contributed by atoms with van der Waals surface area (Å²) in [6.07, 6.45) is 3.88. The summed E-state index contributed by atoms with van der Waals surface area (Å²) < 4.78 is 27.6. The molecule has 0 spiro atoms. The number of hydrogen-bond donors (Lipinski definition) is 1. The van der Waals surface area contributed by atoms with Gasteiger partial charge in [0.05, 0.1) is 12.2 Å². The highest BCUT2D eigenvalue weighted by Gasteiger charge is 2.27. The lowest BCUT2D eigenvalue weighted by molar-refractivity contribution is 0.0696. The molecule has 0 atom stereocenters. The van der Waals surface area contributed by atoms with E-state index in [1.54, 1.807) is 18.2 Å². The molecule has 1 heterocycles. The number of nitrogens with zero attached hydrogens (tertiary/aromatic N) is 1. The number of carbonyl (C=O) groups is 1. The molecule has 1 fully saturated rings. The molecule has 2 aliphatic rings. The Morgan fingerprint density at radius 3 is 2.47 bits per heavy atom. The van der Waals surface area contributed by atoms with Gasteiger partial charge in [0, 0.05) is 25.2 Å². The number of hydrogen-bond acceptors (Lipinski definition) is 2. The van der Waals surface area contributed by atoms with E-state index in [0.29, 0.717) is 24.3 Å². The molecular weight excluding hydrogens is 504 g/mol. The lowest BCUT2D eigenvalue weighted by Gasteiger charge is -2.39. The average Bonchev–Trinajstić information content (AvgIpc) is 3.06. The fourth-order valence-corrected chi connectivity index (χ4v) is 5.80. The monoisotopic (exact) mass is 537 g/mol. The van der Waals surface area contributed by atoms with Gasteiger partial charge < -0.3 is 10.0 Å². The van der Waals surface area contributed by atoms with Crippen LogP contribution in [0, 0.1) is 18.7 Å². The van der Waals surface area contributed by atoms with Crippen LogP contribution in [0.1, 0.15) is 63.0 Å². The van der Waals surface area contributed by atoms with E-state index in [0.717, 1.165) is 72.3 Å². The molecule has 1 aliphatic heterocycles. The van der Waals surface area contributed by atoms with E-state index < -0.39 is 5.97 Å². The minimum Gasteiger partial charge on any atom is -0.478 e. The number of fused-ring (bicyclic) bond motifs is 1. The number of carboxylic acid groups (broad SMARTS) is 1. The molecule has 0 unspecified atom stereocenters. The maximum absolute atomic E-state index is 15.1. The van der Waals surface area contributed by atoms with Gasteiger partial charge in [-0.25, -0.2) is 9.18 Å². The summed E-state index contributed by atoms with van der Waals surface area (Å²) in [5.41, 5.74) is 8.11. The molecule has 1 aliphatic carbocycles. The highest BCUT2D eigenvalue weighted by Crippen LogP contribution is 2.41. The minimum absolute atomic E-state index is 0. The quantitative estimate of drug-likeness (QED) is 0.326. The van der Waals surface area contributed by atoms with Crippen molar-refractivity contribution >= 4 is 29.5 Å². The molecule has 0 saturated carbocycles. The topological polar surface area (TPSA) is 40.5 Å². The summed E-state index contributed by atoms with van der Waals surface area (Å²) in [4.78, 5) is 13.9. The van der Waals surface area contributed by atoms with Crippen LogP contribution in [0.2, 0.25) is 0 Å². The second-order valence-electron chi connectivity index (χ2n) is 10.4. The number of allylic oxidation sites excluding steroid dienone is 1. The first-order valence-corrected chi connectivity index (χ1v) is 13.2. The number of likely N-dealkylation sites (tertiary alicyclic amines) is 1. The van der Waals surface area contributed by atoms with Gasteiger partial charge in [-0.05, 0) is 103 Å². The third-order valence-corrected chi connectivity index (χ3v) is 7.65. The standard InChI is InChI=1S/C32H33F2NO2.ClH/c1-21-6-13-30(34)29(16-21)28-5-2-4-25-18-26(32(36)37)11-12-27(25)31(28)24-9-7-22(8-10-24)17-23-19-35(20-23)15-3-14-33;/h6-13,16,18,23H,2-5,14-15,17,19-20H2,1H3,(H,36,37);1H. The highest BCUT2D eigenvalue weighted by molar-refractivity contribution is 6.00. The fourth-order valence-electron chi connectivity index (χ4n) is 5.80. The Morgan fingerprint density at radius 2 is 1.76 bits per heavy atom. The third-order valence-electron chi connectivity index (χ3n) is 7.65. The van der Waals surface area contributed by atoms with Crippen molar-refractivity contribution < 1.29 is 18.7 Å². The van der Waals surface area contributed by atoms with E-state index >= 15 is 4.39 Å². The fraction of sp³-hybridized carbons (Fsp3) is 0.344. The maximum Gasteiger partial charge on any atom is 0.335 e. The Hall–Kier alpha value is -3.02. The van der Waals surface area contributed by atoms with Crippen molar-refractivity contribution in [3.8, 4) is 0 Å². The molecule has 200 valence electrons. The summed E-state index contributed by atoms with van der Waals surface area (Å²) in [5, 5.41) is 9.54. The van der Waals surface area contributed by atoms with E-state index in [4.69, 9.17) is 0 Å². The Labute approximate surface area is 229 Å². The molecule has 0 bridgehead atoms. The minimum atomic E-state index is -0.939. The van der Waals surface area contributed by atoms with Crippen LogP contribution < -0.4 is 0 Å². The van der Waals surface area contributed by atoms with E-state index in [1.165, 1.54) is 11.6 Å². The van der Waals surface area contributed by atoms with Crippen molar-refractivity contribution in [2.24, 2.45) is 5.92 Å². The lowest BCUT2D eigenvalue weighted by atomic mass is 9.85. The number of halogens is 3. The number of aromatic carboxylic acids is 1. The molecule has 3 aromatic rings. The van der Waals surface area contributed by atoms with Crippen LogP contribution in [0.3, 0.4) is 0 Å².